The van der Waals surface area contributed by atoms with E-state index in [1.165, 1.54) is 7.05 Å². The number of rotatable bonds is 2. The van der Waals surface area contributed by atoms with E-state index in [9.17, 15) is 10.1 Å². The monoisotopic (exact) mass is 203 g/mol. The predicted octanol–water partition coefficient (Wildman–Crippen LogP) is -3.57. The third-order valence-corrected chi connectivity index (χ3v) is 0.669. The third kappa shape index (κ3) is 6.26. The zero-order chi connectivity index (χ0) is 11.1. The molecule has 1 aromatic rings. The van der Waals surface area contributed by atoms with Gasteiger partial charge in [0.2, 0.25) is 0 Å². The largest absolute Gasteiger partial charge is 0.336 e. The minimum atomic E-state index is -0.878. The number of aryl methyl sites for hydroxylation is 1. The van der Waals surface area contributed by atoms with E-state index in [-0.39, 0.29) is 11.9 Å². The van der Waals surface area contributed by atoms with Gasteiger partial charge in [-0.05, 0) is 0 Å². The molecule has 0 aliphatic rings. The van der Waals surface area contributed by atoms with E-state index in [2.05, 4.69) is 37.7 Å². The second kappa shape index (κ2) is 5.23. The summed E-state index contributed by atoms with van der Waals surface area (Å²) in [5.74, 6) is -0.326. The van der Waals surface area contributed by atoms with Gasteiger partial charge in [0.15, 0.2) is 0 Å². The molecule has 0 radical (unpaired) electrons. The molecule has 0 spiro atoms. The standard InChI is InChI=1S/C2H3N6O2.CH5N3/c1-7-4-2(3-6-7)5-8(9)10;2-1(3)4/h1H3;(H5,2,3,4)/q-1;/p+1. The molecule has 14 heavy (non-hydrogen) atoms. The van der Waals surface area contributed by atoms with Crippen molar-refractivity contribution < 1.29 is 10.4 Å². The van der Waals surface area contributed by atoms with Crippen LogP contribution in [0, 0.1) is 10.1 Å². The molecule has 0 atom stereocenters. The first kappa shape index (κ1) is 11.5. The normalized spacial score (nSPS) is 8.36. The average molecular weight is 203 g/mol. The van der Waals surface area contributed by atoms with Gasteiger partial charge in [-0.1, -0.05) is 5.43 Å². The molecule has 1 rings (SSSR count). The van der Waals surface area contributed by atoms with Crippen LogP contribution in [0.2, 0.25) is 0 Å². The van der Waals surface area contributed by atoms with Gasteiger partial charge in [-0.2, -0.15) is 0 Å². The maximum absolute atomic E-state index is 9.70. The van der Waals surface area contributed by atoms with Crippen molar-refractivity contribution in [2.45, 2.75) is 0 Å². The number of hydrogen-bond donors (Lipinski definition) is 3. The van der Waals surface area contributed by atoms with Gasteiger partial charge in [-0.15, -0.1) is 5.21 Å². The number of nitrogens with zero attached hydrogens (tertiary/aromatic N) is 6. The summed E-state index contributed by atoms with van der Waals surface area (Å²) in [4.78, 5) is 10.8. The summed E-state index contributed by atoms with van der Waals surface area (Å²) in [5.41, 5.74) is 12.0. The molecule has 0 saturated heterocycles. The Labute approximate surface area is 77.7 Å². The zero-order valence-corrected chi connectivity index (χ0v) is 7.23. The second-order valence-electron chi connectivity index (χ2n) is 1.92. The molecule has 0 unspecified atom stereocenters. The molecule has 0 amide bonds. The molecule has 0 fully saturated rings. The van der Waals surface area contributed by atoms with Gasteiger partial charge in [-0.25, -0.2) is 20.0 Å². The van der Waals surface area contributed by atoms with E-state index < -0.39 is 5.03 Å². The van der Waals surface area contributed by atoms with Gasteiger partial charge in [0.05, 0.1) is 0 Å². The Kier molecular flexibility index (Phi) is 4.31. The molecule has 0 aliphatic carbocycles. The van der Waals surface area contributed by atoms with E-state index in [4.69, 9.17) is 0 Å². The molecule has 6 N–H and O–H groups in total. The first-order chi connectivity index (χ1) is 6.41. The lowest BCUT2D eigenvalue weighted by molar-refractivity contribution is -0.419. The fourth-order valence-electron chi connectivity index (χ4n) is 0.387. The summed E-state index contributed by atoms with van der Waals surface area (Å²) in [6.45, 7) is 0. The molecule has 1 aromatic heterocycles. The zero-order valence-electron chi connectivity index (χ0n) is 7.23. The fourth-order valence-corrected chi connectivity index (χ4v) is 0.387. The number of nitro groups is 1. The minimum Gasteiger partial charge on any atom is -0.291 e. The summed E-state index contributed by atoms with van der Waals surface area (Å²) in [7, 11) is 1.49. The lowest BCUT2D eigenvalue weighted by Crippen LogP contribution is -2.51. The number of tetrazole rings is 1. The van der Waals surface area contributed by atoms with Gasteiger partial charge >= 0.3 is 5.96 Å². The number of nitrogens with two attached hydrogens (primary N) is 3. The van der Waals surface area contributed by atoms with E-state index >= 15 is 0 Å². The van der Waals surface area contributed by atoms with Crippen molar-refractivity contribution in [2.75, 3.05) is 0 Å². The quantitative estimate of drug-likeness (QED) is 0.192. The number of aromatic nitrogens is 4. The lowest BCUT2D eigenvalue weighted by Gasteiger charge is -1.91. The van der Waals surface area contributed by atoms with Crippen molar-refractivity contribution in [3.8, 4) is 0 Å². The summed E-state index contributed by atoms with van der Waals surface area (Å²) in [6, 6.07) is 0. The van der Waals surface area contributed by atoms with Crippen LogP contribution in [-0.4, -0.2) is 31.2 Å². The molecule has 0 saturated carbocycles. The van der Waals surface area contributed by atoms with Crippen LogP contribution in [0.15, 0.2) is 0 Å². The fraction of sp³-hybridized carbons (Fsp3) is 0.333. The summed E-state index contributed by atoms with van der Waals surface area (Å²) < 4.78 is 0. The van der Waals surface area contributed by atoms with Crippen LogP contribution in [-0.2, 0) is 7.05 Å². The number of guanidine groups is 1. The molecule has 1 heterocycles. The lowest BCUT2D eigenvalue weighted by atomic mass is 11.1. The minimum absolute atomic E-state index is 0.0833. The van der Waals surface area contributed by atoms with Gasteiger partial charge in [0, 0.05) is 7.05 Å². The average Bonchev–Trinajstić information content (AvgIpc) is 2.32. The highest BCUT2D eigenvalue weighted by atomic mass is 16.7. The molecule has 11 heteroatoms. The molecule has 0 aliphatic heterocycles. The van der Waals surface area contributed by atoms with Crippen LogP contribution in [0.4, 0.5) is 5.95 Å². The molecule has 78 valence electrons. The van der Waals surface area contributed by atoms with Crippen molar-refractivity contribution in [3.63, 3.8) is 0 Å². The second-order valence-corrected chi connectivity index (χ2v) is 1.92. The highest BCUT2D eigenvalue weighted by Gasteiger charge is 1.93. The molecule has 0 bridgehead atoms. The molecule has 11 nitrogen and oxygen atoms in total. The van der Waals surface area contributed by atoms with Crippen molar-refractivity contribution in [1.82, 2.24) is 20.2 Å². The van der Waals surface area contributed by atoms with Crippen molar-refractivity contribution >= 4 is 11.9 Å². The molecular formula is C3H9N9O2. The summed E-state index contributed by atoms with van der Waals surface area (Å²) in [6.07, 6.45) is 0. The van der Waals surface area contributed by atoms with Crippen molar-refractivity contribution in [2.24, 2.45) is 18.5 Å². The Bertz CT molecular complexity index is 314. The summed E-state index contributed by atoms with van der Waals surface area (Å²) >= 11 is 0. The van der Waals surface area contributed by atoms with Gasteiger partial charge in [-0.3, -0.25) is 22.0 Å². The first-order valence-electron chi connectivity index (χ1n) is 3.15. The van der Waals surface area contributed by atoms with Crippen molar-refractivity contribution in [1.29, 1.82) is 0 Å². The Morgan fingerprint density at radius 3 is 2.50 bits per heavy atom. The topological polar surface area (TPSA) is 178 Å². The smallest absolute Gasteiger partial charge is 0.291 e. The highest BCUT2D eigenvalue weighted by molar-refractivity contribution is 5.68. The van der Waals surface area contributed by atoms with E-state index in [1.54, 1.807) is 0 Å². The van der Waals surface area contributed by atoms with Gasteiger partial charge in [0.1, 0.15) is 11.0 Å². The van der Waals surface area contributed by atoms with E-state index in [1.807, 2.05) is 0 Å². The third-order valence-electron chi connectivity index (χ3n) is 0.669. The Hall–Kier alpha value is -2.46. The van der Waals surface area contributed by atoms with Crippen LogP contribution in [0.25, 0.3) is 5.43 Å². The maximum atomic E-state index is 9.70. The number of hydrogen-bond acceptors (Lipinski definition) is 5. The van der Waals surface area contributed by atoms with Crippen LogP contribution < -0.4 is 16.9 Å². The van der Waals surface area contributed by atoms with Crippen molar-refractivity contribution in [3.05, 3.63) is 15.5 Å². The highest BCUT2D eigenvalue weighted by Crippen LogP contribution is 2.05. The van der Waals surface area contributed by atoms with Gasteiger partial charge < -0.3 is 0 Å². The van der Waals surface area contributed by atoms with E-state index in [0.717, 1.165) is 4.80 Å². The predicted molar refractivity (Wildman–Crippen MR) is 44.1 cm³/mol. The Morgan fingerprint density at radius 1 is 1.71 bits per heavy atom. The van der Waals surface area contributed by atoms with Crippen LogP contribution >= 0.6 is 0 Å². The molecule has 0 aromatic carbocycles. The summed E-state index contributed by atoms with van der Waals surface area (Å²) in [5, 5.41) is 23.4. The van der Waals surface area contributed by atoms with Crippen LogP contribution in [0.3, 0.4) is 0 Å². The Morgan fingerprint density at radius 2 is 2.21 bits per heavy atom. The maximum Gasteiger partial charge on any atom is 0.336 e. The molecular weight excluding hydrogens is 194 g/mol. The van der Waals surface area contributed by atoms with Crippen LogP contribution in [0.5, 0.6) is 0 Å². The van der Waals surface area contributed by atoms with E-state index in [0.29, 0.717) is 0 Å². The van der Waals surface area contributed by atoms with Crippen LogP contribution in [0.1, 0.15) is 0 Å². The SMILES string of the molecule is Cn1nnc([N-][N+](=O)[O-])n1.NC(N)=[NH2+]. The van der Waals surface area contributed by atoms with Gasteiger partial charge in [0.25, 0.3) is 0 Å². The first-order valence-corrected chi connectivity index (χ1v) is 3.15. The Balaban J connectivity index is 0.000000364.